The molecule has 0 unspecified atom stereocenters. The Hall–Kier alpha value is -1.84. The molecule has 3 aromatic rings. The number of nitrogens with one attached hydrogen (secondary N) is 1. The molecule has 21 heavy (non-hydrogen) atoms. The van der Waals surface area contributed by atoms with Crippen LogP contribution in [0.25, 0.3) is 22.4 Å². The Kier molecular flexibility index (Phi) is 2.98. The van der Waals surface area contributed by atoms with Crippen molar-refractivity contribution in [2.24, 2.45) is 7.05 Å². The average molecular weight is 298 g/mol. The molecule has 106 valence electrons. The van der Waals surface area contributed by atoms with E-state index < -0.39 is 0 Å². The van der Waals surface area contributed by atoms with Gasteiger partial charge in [-0.3, -0.25) is 0 Å². The standard InChI is InChI=1S/C17H16ClN3/c1-21-16-6-5-12(18)9-15(16)20-17(21)14-4-2-3-11-10-19-8-7-13(11)14/h2-6,9,19H,7-8,10H2,1H3. The highest BCUT2D eigenvalue weighted by atomic mass is 35.5. The van der Waals surface area contributed by atoms with Gasteiger partial charge in [0.1, 0.15) is 5.82 Å². The van der Waals surface area contributed by atoms with Gasteiger partial charge < -0.3 is 9.88 Å². The third kappa shape index (κ3) is 2.04. The lowest BCUT2D eigenvalue weighted by molar-refractivity contribution is 0.644. The van der Waals surface area contributed by atoms with E-state index in [-0.39, 0.29) is 0 Å². The highest BCUT2D eigenvalue weighted by molar-refractivity contribution is 6.31. The Morgan fingerprint density at radius 2 is 2.14 bits per heavy atom. The number of hydrogen-bond acceptors (Lipinski definition) is 2. The van der Waals surface area contributed by atoms with Gasteiger partial charge in [0.2, 0.25) is 0 Å². The normalized spacial score (nSPS) is 14.4. The van der Waals surface area contributed by atoms with E-state index in [0.29, 0.717) is 0 Å². The lowest BCUT2D eigenvalue weighted by Crippen LogP contribution is -2.24. The van der Waals surface area contributed by atoms with Crippen LogP contribution in [-0.4, -0.2) is 16.1 Å². The molecule has 0 radical (unpaired) electrons. The summed E-state index contributed by atoms with van der Waals surface area (Å²) in [5.74, 6) is 1.02. The first kappa shape index (κ1) is 12.9. The number of fused-ring (bicyclic) bond motifs is 2. The van der Waals surface area contributed by atoms with E-state index in [9.17, 15) is 0 Å². The maximum Gasteiger partial charge on any atom is 0.141 e. The van der Waals surface area contributed by atoms with Crippen LogP contribution in [0.4, 0.5) is 0 Å². The van der Waals surface area contributed by atoms with Crippen molar-refractivity contribution in [1.82, 2.24) is 14.9 Å². The number of hydrogen-bond donors (Lipinski definition) is 1. The Labute approximate surface area is 128 Å². The minimum Gasteiger partial charge on any atom is -0.327 e. The van der Waals surface area contributed by atoms with Crippen molar-refractivity contribution < 1.29 is 0 Å². The summed E-state index contributed by atoms with van der Waals surface area (Å²) in [6, 6.07) is 12.4. The summed E-state index contributed by atoms with van der Waals surface area (Å²) in [5, 5.41) is 4.15. The Balaban J connectivity index is 1.97. The predicted molar refractivity (Wildman–Crippen MR) is 86.6 cm³/mol. The van der Waals surface area contributed by atoms with Crippen LogP contribution < -0.4 is 5.32 Å². The largest absolute Gasteiger partial charge is 0.327 e. The SMILES string of the molecule is Cn1c(-c2cccc3c2CCNC3)nc2cc(Cl)ccc21. The Bertz CT molecular complexity index is 835. The molecule has 3 nitrogen and oxygen atoms in total. The average Bonchev–Trinajstić information content (AvgIpc) is 2.83. The van der Waals surface area contributed by atoms with Crippen molar-refractivity contribution in [3.05, 3.63) is 52.5 Å². The van der Waals surface area contributed by atoms with Crippen molar-refractivity contribution in [1.29, 1.82) is 0 Å². The summed E-state index contributed by atoms with van der Waals surface area (Å²) in [6.45, 7) is 1.97. The molecule has 0 fully saturated rings. The second-order valence-corrected chi connectivity index (χ2v) is 5.93. The number of halogens is 1. The van der Waals surface area contributed by atoms with Gasteiger partial charge in [0, 0.05) is 24.2 Å². The van der Waals surface area contributed by atoms with E-state index in [4.69, 9.17) is 16.6 Å². The van der Waals surface area contributed by atoms with Crippen LogP contribution in [0.2, 0.25) is 5.02 Å². The topological polar surface area (TPSA) is 29.9 Å². The number of benzene rings is 2. The number of aryl methyl sites for hydroxylation is 1. The van der Waals surface area contributed by atoms with Gasteiger partial charge >= 0.3 is 0 Å². The van der Waals surface area contributed by atoms with E-state index in [2.05, 4.69) is 35.1 Å². The summed E-state index contributed by atoms with van der Waals surface area (Å²) in [4.78, 5) is 4.81. The van der Waals surface area contributed by atoms with Gasteiger partial charge in [0.15, 0.2) is 0 Å². The summed E-state index contributed by atoms with van der Waals surface area (Å²) in [7, 11) is 2.07. The zero-order valence-electron chi connectivity index (χ0n) is 11.9. The molecular weight excluding hydrogens is 282 g/mol. The number of nitrogens with zero attached hydrogens (tertiary/aromatic N) is 2. The first-order valence-electron chi connectivity index (χ1n) is 7.18. The predicted octanol–water partition coefficient (Wildman–Crippen LogP) is 3.54. The zero-order valence-corrected chi connectivity index (χ0v) is 12.6. The highest BCUT2D eigenvalue weighted by Gasteiger charge is 2.17. The molecule has 0 saturated heterocycles. The van der Waals surface area contributed by atoms with Gasteiger partial charge in [-0.1, -0.05) is 29.8 Å². The minimum absolute atomic E-state index is 0.728. The van der Waals surface area contributed by atoms with Crippen LogP contribution in [-0.2, 0) is 20.0 Å². The second-order valence-electron chi connectivity index (χ2n) is 5.50. The first-order valence-corrected chi connectivity index (χ1v) is 7.55. The van der Waals surface area contributed by atoms with Crippen LogP contribution in [0.15, 0.2) is 36.4 Å². The molecule has 1 aliphatic heterocycles. The van der Waals surface area contributed by atoms with Crippen LogP contribution >= 0.6 is 11.6 Å². The third-order valence-electron chi connectivity index (χ3n) is 4.22. The fourth-order valence-corrected chi connectivity index (χ4v) is 3.32. The van der Waals surface area contributed by atoms with Crippen molar-refractivity contribution in [3.63, 3.8) is 0 Å². The molecule has 0 spiro atoms. The molecule has 2 aromatic carbocycles. The maximum absolute atomic E-state index is 6.08. The molecular formula is C17H16ClN3. The van der Waals surface area contributed by atoms with Gasteiger partial charge in [-0.15, -0.1) is 0 Å². The quantitative estimate of drug-likeness (QED) is 0.744. The van der Waals surface area contributed by atoms with Crippen LogP contribution in [0.3, 0.4) is 0 Å². The maximum atomic E-state index is 6.08. The molecule has 0 aliphatic carbocycles. The Morgan fingerprint density at radius 3 is 3.05 bits per heavy atom. The number of imidazole rings is 1. The lowest BCUT2D eigenvalue weighted by Gasteiger charge is -2.20. The van der Waals surface area contributed by atoms with Crippen molar-refractivity contribution in [3.8, 4) is 11.4 Å². The number of rotatable bonds is 1. The zero-order chi connectivity index (χ0) is 14.4. The molecule has 1 aromatic heterocycles. The van der Waals surface area contributed by atoms with Gasteiger partial charge in [0.05, 0.1) is 11.0 Å². The van der Waals surface area contributed by atoms with Gasteiger partial charge in [0.25, 0.3) is 0 Å². The smallest absolute Gasteiger partial charge is 0.141 e. The molecule has 2 heterocycles. The van der Waals surface area contributed by atoms with Gasteiger partial charge in [-0.25, -0.2) is 4.98 Å². The van der Waals surface area contributed by atoms with Crippen molar-refractivity contribution in [2.45, 2.75) is 13.0 Å². The number of aromatic nitrogens is 2. The molecule has 1 N–H and O–H groups in total. The molecule has 4 rings (SSSR count). The fraction of sp³-hybridized carbons (Fsp3) is 0.235. The van der Waals surface area contributed by atoms with E-state index >= 15 is 0 Å². The van der Waals surface area contributed by atoms with E-state index in [0.717, 1.165) is 41.4 Å². The fourth-order valence-electron chi connectivity index (χ4n) is 3.16. The third-order valence-corrected chi connectivity index (χ3v) is 4.46. The molecule has 0 atom stereocenters. The van der Waals surface area contributed by atoms with Gasteiger partial charge in [-0.2, -0.15) is 0 Å². The molecule has 0 bridgehead atoms. The lowest BCUT2D eigenvalue weighted by atomic mass is 9.95. The van der Waals surface area contributed by atoms with E-state index in [1.165, 1.54) is 16.7 Å². The summed E-state index contributed by atoms with van der Waals surface area (Å²) in [6.07, 6.45) is 1.05. The molecule has 1 aliphatic rings. The molecule has 4 heteroatoms. The summed E-state index contributed by atoms with van der Waals surface area (Å²) in [5.41, 5.74) is 6.10. The van der Waals surface area contributed by atoms with Gasteiger partial charge in [-0.05, 0) is 42.3 Å². The highest BCUT2D eigenvalue weighted by Crippen LogP contribution is 2.30. The van der Waals surface area contributed by atoms with Crippen molar-refractivity contribution in [2.75, 3.05) is 6.54 Å². The van der Waals surface area contributed by atoms with Crippen LogP contribution in [0, 0.1) is 0 Å². The van der Waals surface area contributed by atoms with Crippen LogP contribution in [0.5, 0.6) is 0 Å². The second kappa shape index (κ2) is 4.86. The molecule has 0 saturated carbocycles. The first-order chi connectivity index (χ1) is 10.2. The minimum atomic E-state index is 0.728. The van der Waals surface area contributed by atoms with Crippen LogP contribution in [0.1, 0.15) is 11.1 Å². The van der Waals surface area contributed by atoms with E-state index in [1.807, 2.05) is 18.2 Å². The summed E-state index contributed by atoms with van der Waals surface area (Å²) >= 11 is 6.08. The monoisotopic (exact) mass is 297 g/mol. The Morgan fingerprint density at radius 1 is 1.24 bits per heavy atom. The van der Waals surface area contributed by atoms with E-state index in [1.54, 1.807) is 0 Å². The van der Waals surface area contributed by atoms with Crippen molar-refractivity contribution >= 4 is 22.6 Å². The molecule has 0 amide bonds. The summed E-state index contributed by atoms with van der Waals surface area (Å²) < 4.78 is 2.16.